The summed E-state index contributed by atoms with van der Waals surface area (Å²) in [5.74, 6) is -0.0219. The number of rotatable bonds is 2. The molecule has 3 heteroatoms. The number of hydrogen-bond donors (Lipinski definition) is 0. The summed E-state index contributed by atoms with van der Waals surface area (Å²) in [6.45, 7) is 0. The Balaban J connectivity index is 2.19. The van der Waals surface area contributed by atoms with E-state index >= 15 is 0 Å². The number of benzene rings is 1. The van der Waals surface area contributed by atoms with Crippen LogP contribution in [0.15, 0.2) is 24.3 Å². The second-order valence-corrected chi connectivity index (χ2v) is 4.39. The first kappa shape index (κ1) is 11.5. The summed E-state index contributed by atoms with van der Waals surface area (Å²) in [6.07, 6.45) is 2.53. The normalized spacial score (nSPS) is 19.7. The fraction of sp³-hybridized carbons (Fsp3) is 0.357. The van der Waals surface area contributed by atoms with E-state index < -0.39 is 0 Å². The Bertz CT molecular complexity index is 499. The maximum absolute atomic E-state index is 12.2. The molecule has 1 aromatic carbocycles. The van der Waals surface area contributed by atoms with Gasteiger partial charge in [-0.2, -0.15) is 5.26 Å². The zero-order valence-corrected chi connectivity index (χ0v) is 9.48. The molecule has 3 nitrogen and oxygen atoms in total. The number of nitrogens with zero attached hydrogens (tertiary/aromatic N) is 1. The lowest BCUT2D eigenvalue weighted by atomic mass is 9.83. The lowest BCUT2D eigenvalue weighted by molar-refractivity contribution is -0.121. The highest BCUT2D eigenvalue weighted by Crippen LogP contribution is 2.25. The minimum absolute atomic E-state index is 0.00449. The SMILES string of the molecule is N#Cc1cccc(C(=O)C2CCCC(=O)C2)c1. The fourth-order valence-electron chi connectivity index (χ4n) is 2.23. The molecule has 1 unspecified atom stereocenters. The lowest BCUT2D eigenvalue weighted by Crippen LogP contribution is -2.23. The summed E-state index contributed by atoms with van der Waals surface area (Å²) in [6, 6.07) is 8.70. The predicted molar refractivity (Wildman–Crippen MR) is 62.5 cm³/mol. The van der Waals surface area contributed by atoms with Crippen LogP contribution in [-0.4, -0.2) is 11.6 Å². The van der Waals surface area contributed by atoms with Crippen LogP contribution in [0.25, 0.3) is 0 Å². The van der Waals surface area contributed by atoms with Crippen molar-refractivity contribution in [2.24, 2.45) is 5.92 Å². The highest BCUT2D eigenvalue weighted by Gasteiger charge is 2.26. The molecule has 86 valence electrons. The summed E-state index contributed by atoms with van der Waals surface area (Å²) in [4.78, 5) is 23.5. The standard InChI is InChI=1S/C14H13NO2/c15-9-10-3-1-4-11(7-10)14(17)12-5-2-6-13(16)8-12/h1,3-4,7,12H,2,5-6,8H2. The molecule has 0 radical (unpaired) electrons. The minimum atomic E-state index is -0.190. The van der Waals surface area contributed by atoms with Crippen LogP contribution in [0.3, 0.4) is 0 Å². The molecule has 1 aliphatic rings. The van der Waals surface area contributed by atoms with E-state index in [1.54, 1.807) is 24.3 Å². The zero-order chi connectivity index (χ0) is 12.3. The summed E-state index contributed by atoms with van der Waals surface area (Å²) in [5.41, 5.74) is 1.03. The number of ketones is 2. The molecule has 0 heterocycles. The largest absolute Gasteiger partial charge is 0.300 e. The van der Waals surface area contributed by atoms with Crippen molar-refractivity contribution in [3.8, 4) is 6.07 Å². The van der Waals surface area contributed by atoms with Gasteiger partial charge in [0.1, 0.15) is 5.78 Å². The quantitative estimate of drug-likeness (QED) is 0.729. The van der Waals surface area contributed by atoms with Crippen molar-refractivity contribution in [2.75, 3.05) is 0 Å². The Hall–Kier alpha value is -1.95. The van der Waals surface area contributed by atoms with Gasteiger partial charge in [-0.05, 0) is 25.0 Å². The molecule has 0 aromatic heterocycles. The van der Waals surface area contributed by atoms with Crippen molar-refractivity contribution in [3.63, 3.8) is 0 Å². The van der Waals surface area contributed by atoms with E-state index in [1.807, 2.05) is 6.07 Å². The number of carbonyl (C=O) groups excluding carboxylic acids is 2. The minimum Gasteiger partial charge on any atom is -0.300 e. The van der Waals surface area contributed by atoms with Gasteiger partial charge < -0.3 is 0 Å². The number of Topliss-reactive ketones (excluding diaryl/α,β-unsaturated/α-hetero) is 2. The molecule has 0 amide bonds. The highest BCUT2D eigenvalue weighted by molar-refractivity contribution is 6.00. The van der Waals surface area contributed by atoms with Crippen LogP contribution in [0, 0.1) is 17.2 Å². The second kappa shape index (κ2) is 4.92. The Morgan fingerprint density at radius 2 is 2.24 bits per heavy atom. The van der Waals surface area contributed by atoms with Crippen LogP contribution >= 0.6 is 0 Å². The smallest absolute Gasteiger partial charge is 0.166 e. The molecule has 0 spiro atoms. The first-order chi connectivity index (χ1) is 8.20. The van der Waals surface area contributed by atoms with Crippen molar-refractivity contribution in [3.05, 3.63) is 35.4 Å². The summed E-state index contributed by atoms with van der Waals surface area (Å²) in [5, 5.41) is 8.78. The van der Waals surface area contributed by atoms with Crippen LogP contribution in [0.2, 0.25) is 0 Å². The van der Waals surface area contributed by atoms with Gasteiger partial charge in [-0.3, -0.25) is 9.59 Å². The van der Waals surface area contributed by atoms with E-state index in [-0.39, 0.29) is 17.5 Å². The summed E-state index contributed by atoms with van der Waals surface area (Å²) < 4.78 is 0. The maximum Gasteiger partial charge on any atom is 0.166 e. The fourth-order valence-corrected chi connectivity index (χ4v) is 2.23. The molecule has 0 N–H and O–H groups in total. The van der Waals surface area contributed by atoms with Crippen LogP contribution < -0.4 is 0 Å². The molecule has 0 aliphatic heterocycles. The predicted octanol–water partition coefficient (Wildman–Crippen LogP) is 2.50. The molecule has 1 aliphatic carbocycles. The highest BCUT2D eigenvalue weighted by atomic mass is 16.1. The van der Waals surface area contributed by atoms with E-state index in [4.69, 9.17) is 5.26 Å². The zero-order valence-electron chi connectivity index (χ0n) is 9.48. The Kier molecular flexibility index (Phi) is 3.34. The third kappa shape index (κ3) is 2.59. The van der Waals surface area contributed by atoms with Crippen LogP contribution in [0.1, 0.15) is 41.6 Å². The van der Waals surface area contributed by atoms with Gasteiger partial charge in [-0.25, -0.2) is 0 Å². The summed E-state index contributed by atoms with van der Waals surface area (Å²) >= 11 is 0. The van der Waals surface area contributed by atoms with E-state index in [0.717, 1.165) is 12.8 Å². The van der Waals surface area contributed by atoms with Gasteiger partial charge in [0.2, 0.25) is 0 Å². The average molecular weight is 227 g/mol. The summed E-state index contributed by atoms with van der Waals surface area (Å²) in [7, 11) is 0. The molecule has 17 heavy (non-hydrogen) atoms. The number of carbonyl (C=O) groups is 2. The Morgan fingerprint density at radius 1 is 1.41 bits per heavy atom. The van der Waals surface area contributed by atoms with E-state index in [9.17, 15) is 9.59 Å². The van der Waals surface area contributed by atoms with Crippen molar-refractivity contribution >= 4 is 11.6 Å². The Labute approximate surface area is 100 Å². The first-order valence-corrected chi connectivity index (χ1v) is 5.77. The molecule has 1 atom stereocenters. The molecule has 0 bridgehead atoms. The number of hydrogen-bond acceptors (Lipinski definition) is 3. The molecular formula is C14H13NO2. The van der Waals surface area contributed by atoms with E-state index in [1.165, 1.54) is 0 Å². The Morgan fingerprint density at radius 3 is 2.94 bits per heavy atom. The monoisotopic (exact) mass is 227 g/mol. The van der Waals surface area contributed by atoms with Crippen molar-refractivity contribution in [2.45, 2.75) is 25.7 Å². The average Bonchev–Trinajstić information content (AvgIpc) is 2.38. The van der Waals surface area contributed by atoms with Gasteiger partial charge in [-0.1, -0.05) is 12.1 Å². The third-order valence-electron chi connectivity index (χ3n) is 3.13. The maximum atomic E-state index is 12.2. The lowest BCUT2D eigenvalue weighted by Gasteiger charge is -2.19. The number of nitriles is 1. The second-order valence-electron chi connectivity index (χ2n) is 4.39. The first-order valence-electron chi connectivity index (χ1n) is 5.77. The van der Waals surface area contributed by atoms with Crippen LogP contribution in [-0.2, 0) is 4.79 Å². The van der Waals surface area contributed by atoms with Crippen molar-refractivity contribution in [1.29, 1.82) is 5.26 Å². The molecule has 2 rings (SSSR count). The molecule has 1 saturated carbocycles. The van der Waals surface area contributed by atoms with Gasteiger partial charge >= 0.3 is 0 Å². The molecule has 0 saturated heterocycles. The van der Waals surface area contributed by atoms with Crippen molar-refractivity contribution < 1.29 is 9.59 Å². The van der Waals surface area contributed by atoms with Crippen LogP contribution in [0.5, 0.6) is 0 Å². The van der Waals surface area contributed by atoms with E-state index in [2.05, 4.69) is 0 Å². The van der Waals surface area contributed by atoms with Gasteiger partial charge in [0.25, 0.3) is 0 Å². The molecule has 1 aromatic rings. The van der Waals surface area contributed by atoms with Crippen molar-refractivity contribution in [1.82, 2.24) is 0 Å². The third-order valence-corrected chi connectivity index (χ3v) is 3.13. The van der Waals surface area contributed by atoms with Gasteiger partial charge in [0, 0.05) is 24.3 Å². The van der Waals surface area contributed by atoms with Gasteiger partial charge in [-0.15, -0.1) is 0 Å². The van der Waals surface area contributed by atoms with Gasteiger partial charge in [0.05, 0.1) is 11.6 Å². The van der Waals surface area contributed by atoms with Gasteiger partial charge in [0.15, 0.2) is 5.78 Å². The topological polar surface area (TPSA) is 57.9 Å². The van der Waals surface area contributed by atoms with E-state index in [0.29, 0.717) is 24.0 Å². The molecule has 1 fully saturated rings. The molecular weight excluding hydrogens is 214 g/mol. The van der Waals surface area contributed by atoms with Crippen LogP contribution in [0.4, 0.5) is 0 Å².